The smallest absolute Gasteiger partial charge is 0.255 e. The second kappa shape index (κ2) is 7.76. The van der Waals surface area contributed by atoms with E-state index in [1.54, 1.807) is 0 Å². The largest absolute Gasteiger partial charge is 0.335 e. The van der Waals surface area contributed by atoms with Crippen LogP contribution in [0.5, 0.6) is 0 Å². The van der Waals surface area contributed by atoms with Crippen LogP contribution in [-0.4, -0.2) is 43.1 Å². The summed E-state index contributed by atoms with van der Waals surface area (Å²) < 4.78 is 23.5. The Hall–Kier alpha value is -1.92. The number of pyridine rings is 1. The van der Waals surface area contributed by atoms with Gasteiger partial charge in [-0.1, -0.05) is 41.9 Å². The zero-order chi connectivity index (χ0) is 18.7. The number of hydrogen-bond acceptors (Lipinski definition) is 4. The number of carbonyl (C=O) groups is 1. The number of likely N-dealkylation sites (tertiary alicyclic amines) is 1. The van der Waals surface area contributed by atoms with Gasteiger partial charge in [-0.3, -0.25) is 4.79 Å². The van der Waals surface area contributed by atoms with Gasteiger partial charge in [-0.15, -0.1) is 0 Å². The quantitative estimate of drug-likeness (QED) is 0.799. The third kappa shape index (κ3) is 4.24. The molecule has 0 radical (unpaired) electrons. The standard InChI is InChI=1S/C19H21ClN2O3S/c1-26(24,25)18-12-16(17(20)13-21-18)19(23)22-10-6-5-9-15(22)11-14-7-3-2-4-8-14/h2-4,7-8,12-13,15H,5-6,9-11H2,1H3. The summed E-state index contributed by atoms with van der Waals surface area (Å²) >= 11 is 6.16. The zero-order valence-electron chi connectivity index (χ0n) is 14.6. The van der Waals surface area contributed by atoms with Crippen molar-refractivity contribution in [1.29, 1.82) is 0 Å². The van der Waals surface area contributed by atoms with E-state index in [1.165, 1.54) is 17.8 Å². The van der Waals surface area contributed by atoms with Gasteiger partial charge in [-0.05, 0) is 37.3 Å². The molecule has 3 rings (SSSR count). The van der Waals surface area contributed by atoms with E-state index in [4.69, 9.17) is 11.6 Å². The summed E-state index contributed by atoms with van der Waals surface area (Å²) in [5.41, 5.74) is 1.37. The van der Waals surface area contributed by atoms with Crippen LogP contribution in [0.1, 0.15) is 35.2 Å². The molecule has 1 unspecified atom stereocenters. The topological polar surface area (TPSA) is 67.3 Å². The third-order valence-electron chi connectivity index (χ3n) is 4.64. The Morgan fingerprint density at radius 1 is 1.27 bits per heavy atom. The Morgan fingerprint density at radius 3 is 2.69 bits per heavy atom. The fourth-order valence-electron chi connectivity index (χ4n) is 3.31. The Morgan fingerprint density at radius 2 is 2.00 bits per heavy atom. The van der Waals surface area contributed by atoms with Crippen LogP contribution >= 0.6 is 11.6 Å². The molecule has 0 aliphatic carbocycles. The van der Waals surface area contributed by atoms with Crippen LogP contribution in [0.25, 0.3) is 0 Å². The molecule has 2 heterocycles. The van der Waals surface area contributed by atoms with Crippen LogP contribution in [0, 0.1) is 0 Å². The molecular formula is C19H21ClN2O3S. The lowest BCUT2D eigenvalue weighted by Crippen LogP contribution is -2.45. The summed E-state index contributed by atoms with van der Waals surface area (Å²) in [6, 6.07) is 11.4. The van der Waals surface area contributed by atoms with Gasteiger partial charge in [0.15, 0.2) is 14.9 Å². The summed E-state index contributed by atoms with van der Waals surface area (Å²) in [7, 11) is -3.51. The molecule has 1 fully saturated rings. The summed E-state index contributed by atoms with van der Waals surface area (Å²) in [5.74, 6) is -0.233. The number of piperidine rings is 1. The van der Waals surface area contributed by atoms with Crippen molar-refractivity contribution in [1.82, 2.24) is 9.88 Å². The van der Waals surface area contributed by atoms with E-state index >= 15 is 0 Å². The monoisotopic (exact) mass is 392 g/mol. The van der Waals surface area contributed by atoms with Crippen molar-refractivity contribution in [2.75, 3.05) is 12.8 Å². The van der Waals surface area contributed by atoms with Gasteiger partial charge in [0.2, 0.25) is 0 Å². The molecule has 0 spiro atoms. The van der Waals surface area contributed by atoms with Crippen molar-refractivity contribution in [3.8, 4) is 0 Å². The first-order valence-electron chi connectivity index (χ1n) is 8.57. The van der Waals surface area contributed by atoms with Gasteiger partial charge in [-0.25, -0.2) is 13.4 Å². The van der Waals surface area contributed by atoms with E-state index in [1.807, 2.05) is 23.1 Å². The Bertz CT molecular complexity index is 900. The minimum atomic E-state index is -3.51. The van der Waals surface area contributed by atoms with Crippen molar-refractivity contribution in [3.63, 3.8) is 0 Å². The Kier molecular flexibility index (Phi) is 5.63. The first-order valence-corrected chi connectivity index (χ1v) is 10.8. The number of nitrogens with zero attached hydrogens (tertiary/aromatic N) is 2. The molecule has 0 N–H and O–H groups in total. The van der Waals surface area contributed by atoms with Crippen molar-refractivity contribution < 1.29 is 13.2 Å². The summed E-state index contributed by atoms with van der Waals surface area (Å²) in [5, 5.41) is 0.0355. The molecule has 1 aromatic carbocycles. The van der Waals surface area contributed by atoms with E-state index in [0.717, 1.165) is 31.9 Å². The number of rotatable bonds is 4. The number of benzene rings is 1. The number of aromatic nitrogens is 1. The van der Waals surface area contributed by atoms with Crippen LogP contribution in [0.4, 0.5) is 0 Å². The highest BCUT2D eigenvalue weighted by Crippen LogP contribution is 2.26. The van der Waals surface area contributed by atoms with E-state index in [-0.39, 0.29) is 27.6 Å². The first kappa shape index (κ1) is 18.9. The number of sulfone groups is 1. The first-order chi connectivity index (χ1) is 12.4. The van der Waals surface area contributed by atoms with Crippen LogP contribution in [0.2, 0.25) is 5.02 Å². The molecule has 0 bridgehead atoms. The molecule has 138 valence electrons. The molecule has 0 saturated carbocycles. The number of hydrogen-bond donors (Lipinski definition) is 0. The number of amides is 1. The summed E-state index contributed by atoms with van der Waals surface area (Å²) in [6.45, 7) is 0.642. The van der Waals surface area contributed by atoms with Crippen molar-refractivity contribution in [2.45, 2.75) is 36.8 Å². The van der Waals surface area contributed by atoms with Gasteiger partial charge in [0.05, 0.1) is 10.6 Å². The van der Waals surface area contributed by atoms with Crippen LogP contribution in [-0.2, 0) is 16.3 Å². The lowest BCUT2D eigenvalue weighted by molar-refractivity contribution is 0.0613. The molecule has 1 saturated heterocycles. The minimum absolute atomic E-state index is 0.0737. The fraction of sp³-hybridized carbons (Fsp3) is 0.368. The maximum absolute atomic E-state index is 13.1. The van der Waals surface area contributed by atoms with Crippen molar-refractivity contribution >= 4 is 27.3 Å². The van der Waals surface area contributed by atoms with E-state index < -0.39 is 9.84 Å². The summed E-state index contributed by atoms with van der Waals surface area (Å²) in [4.78, 5) is 18.8. The number of halogens is 1. The molecule has 26 heavy (non-hydrogen) atoms. The fourth-order valence-corrected chi connectivity index (χ4v) is 4.07. The molecule has 1 aliphatic heterocycles. The van der Waals surface area contributed by atoms with Crippen LogP contribution in [0.15, 0.2) is 47.6 Å². The highest BCUT2D eigenvalue weighted by Gasteiger charge is 2.29. The Labute approximate surface area is 158 Å². The molecule has 7 heteroatoms. The maximum Gasteiger partial charge on any atom is 0.255 e. The highest BCUT2D eigenvalue weighted by atomic mass is 35.5. The van der Waals surface area contributed by atoms with Crippen molar-refractivity contribution in [3.05, 3.63) is 58.7 Å². The van der Waals surface area contributed by atoms with E-state index in [2.05, 4.69) is 17.1 Å². The predicted octanol–water partition coefficient (Wildman–Crippen LogP) is 3.38. The van der Waals surface area contributed by atoms with Crippen LogP contribution in [0.3, 0.4) is 0 Å². The molecule has 1 aromatic heterocycles. The van der Waals surface area contributed by atoms with E-state index in [0.29, 0.717) is 6.54 Å². The predicted molar refractivity (Wildman–Crippen MR) is 101 cm³/mol. The second-order valence-corrected chi connectivity index (χ2v) is 8.98. The molecule has 1 amide bonds. The SMILES string of the molecule is CS(=O)(=O)c1cc(C(=O)N2CCCCC2Cc2ccccc2)c(Cl)cn1. The van der Waals surface area contributed by atoms with E-state index in [9.17, 15) is 13.2 Å². The normalized spacial score (nSPS) is 17.9. The van der Waals surface area contributed by atoms with Crippen LogP contribution < -0.4 is 0 Å². The number of carbonyl (C=O) groups excluding carboxylic acids is 1. The molecule has 1 aliphatic rings. The van der Waals surface area contributed by atoms with Gasteiger partial charge in [-0.2, -0.15) is 0 Å². The minimum Gasteiger partial charge on any atom is -0.335 e. The van der Waals surface area contributed by atoms with Crippen molar-refractivity contribution in [2.24, 2.45) is 0 Å². The Balaban J connectivity index is 1.89. The average molecular weight is 393 g/mol. The summed E-state index contributed by atoms with van der Waals surface area (Å²) in [6.07, 6.45) is 5.99. The van der Waals surface area contributed by atoms with Gasteiger partial charge in [0, 0.05) is 25.0 Å². The van der Waals surface area contributed by atoms with Gasteiger partial charge in [0.1, 0.15) is 0 Å². The molecular weight excluding hydrogens is 372 g/mol. The highest BCUT2D eigenvalue weighted by molar-refractivity contribution is 7.90. The second-order valence-electron chi connectivity index (χ2n) is 6.61. The molecule has 5 nitrogen and oxygen atoms in total. The maximum atomic E-state index is 13.1. The molecule has 1 atom stereocenters. The lowest BCUT2D eigenvalue weighted by Gasteiger charge is -2.36. The third-order valence-corrected chi connectivity index (χ3v) is 5.93. The van der Waals surface area contributed by atoms with Gasteiger partial charge in [0.25, 0.3) is 5.91 Å². The average Bonchev–Trinajstić information content (AvgIpc) is 2.62. The molecule has 2 aromatic rings. The lowest BCUT2D eigenvalue weighted by atomic mass is 9.95. The zero-order valence-corrected chi connectivity index (χ0v) is 16.1. The van der Waals surface area contributed by atoms with Gasteiger partial charge < -0.3 is 4.90 Å². The van der Waals surface area contributed by atoms with Gasteiger partial charge >= 0.3 is 0 Å².